The third kappa shape index (κ3) is 3.35. The molecule has 1 aliphatic heterocycles. The zero-order chi connectivity index (χ0) is 18.8. The Morgan fingerprint density at radius 3 is 2.89 bits per heavy atom. The number of carbonyl (C=O) groups is 1. The maximum Gasteiger partial charge on any atom is 0.224 e. The number of methoxy groups -OCH3 is 1. The fourth-order valence-electron chi connectivity index (χ4n) is 3.62. The van der Waals surface area contributed by atoms with Gasteiger partial charge in [-0.15, -0.1) is 0 Å². The number of amides is 1. The molecule has 2 aromatic carbocycles. The van der Waals surface area contributed by atoms with Crippen LogP contribution >= 0.6 is 0 Å². The van der Waals surface area contributed by atoms with Crippen LogP contribution < -0.4 is 15.0 Å². The zero-order valence-corrected chi connectivity index (χ0v) is 15.7. The monoisotopic (exact) mass is 364 g/mol. The molecular weight excluding hydrogens is 340 g/mol. The molecule has 0 atom stereocenters. The van der Waals surface area contributed by atoms with Gasteiger partial charge in [0.25, 0.3) is 0 Å². The van der Waals surface area contributed by atoms with E-state index in [2.05, 4.69) is 33.0 Å². The number of nitrogens with zero attached hydrogens (tertiary/aromatic N) is 3. The molecule has 0 spiro atoms. The number of aromatic nitrogens is 2. The summed E-state index contributed by atoms with van der Waals surface area (Å²) < 4.78 is 7.70. The zero-order valence-electron chi connectivity index (χ0n) is 15.7. The molecule has 1 N–H and O–H groups in total. The van der Waals surface area contributed by atoms with E-state index in [0.717, 1.165) is 43.1 Å². The number of fused-ring (bicyclic) bond motifs is 3. The van der Waals surface area contributed by atoms with Gasteiger partial charge >= 0.3 is 0 Å². The molecule has 1 aliphatic rings. The molecule has 0 unspecified atom stereocenters. The van der Waals surface area contributed by atoms with Crippen LogP contribution in [0, 0.1) is 0 Å². The Morgan fingerprint density at radius 1 is 1.22 bits per heavy atom. The quantitative estimate of drug-likeness (QED) is 0.748. The standard InChI is InChI=1S/C21H24N4O2/c1-3-6-21(26)23-17-13-15(9-10-19(17)27-2)24-11-12-25-18-8-5-4-7-16(18)22-20(25)14-24/h4-5,7-10,13H,3,6,11-12,14H2,1-2H3,(H,23,26). The van der Waals surface area contributed by atoms with Crippen LogP contribution in [0.4, 0.5) is 11.4 Å². The first-order valence-corrected chi connectivity index (χ1v) is 9.36. The van der Waals surface area contributed by atoms with Crippen molar-refractivity contribution >= 4 is 28.3 Å². The van der Waals surface area contributed by atoms with E-state index >= 15 is 0 Å². The Hall–Kier alpha value is -3.02. The molecule has 0 bridgehead atoms. The van der Waals surface area contributed by atoms with Crippen molar-refractivity contribution in [2.24, 2.45) is 0 Å². The van der Waals surface area contributed by atoms with E-state index < -0.39 is 0 Å². The van der Waals surface area contributed by atoms with Gasteiger partial charge < -0.3 is 19.5 Å². The lowest BCUT2D eigenvalue weighted by molar-refractivity contribution is -0.116. The smallest absolute Gasteiger partial charge is 0.224 e. The Bertz CT molecular complexity index is 979. The second-order valence-electron chi connectivity index (χ2n) is 6.77. The van der Waals surface area contributed by atoms with Crippen LogP contribution in [0.1, 0.15) is 25.6 Å². The number of ether oxygens (including phenoxy) is 1. The molecule has 6 nitrogen and oxygen atoms in total. The van der Waals surface area contributed by atoms with Gasteiger partial charge in [0, 0.05) is 25.2 Å². The number of para-hydroxylation sites is 2. The van der Waals surface area contributed by atoms with Gasteiger partial charge in [-0.05, 0) is 36.8 Å². The summed E-state index contributed by atoms with van der Waals surface area (Å²) in [6.45, 7) is 4.51. The summed E-state index contributed by atoms with van der Waals surface area (Å²) in [7, 11) is 1.62. The summed E-state index contributed by atoms with van der Waals surface area (Å²) in [5, 5.41) is 2.97. The van der Waals surface area contributed by atoms with Crippen LogP contribution in [0.5, 0.6) is 5.75 Å². The summed E-state index contributed by atoms with van der Waals surface area (Å²) in [6.07, 6.45) is 1.32. The number of nitrogens with one attached hydrogen (secondary N) is 1. The molecular formula is C21H24N4O2. The van der Waals surface area contributed by atoms with Gasteiger partial charge in [-0.2, -0.15) is 0 Å². The lowest BCUT2D eigenvalue weighted by Gasteiger charge is -2.30. The molecule has 1 aromatic heterocycles. The van der Waals surface area contributed by atoms with E-state index in [1.54, 1.807) is 7.11 Å². The molecule has 0 saturated heterocycles. The van der Waals surface area contributed by atoms with Gasteiger partial charge in [0.2, 0.25) is 5.91 Å². The number of hydrogen-bond donors (Lipinski definition) is 1. The van der Waals surface area contributed by atoms with Crippen molar-refractivity contribution in [2.75, 3.05) is 23.9 Å². The average molecular weight is 364 g/mol. The molecule has 4 rings (SSSR count). The van der Waals surface area contributed by atoms with E-state index in [9.17, 15) is 4.79 Å². The van der Waals surface area contributed by atoms with Gasteiger partial charge in [-0.1, -0.05) is 19.1 Å². The fourth-order valence-corrected chi connectivity index (χ4v) is 3.62. The molecule has 6 heteroatoms. The summed E-state index contributed by atoms with van der Waals surface area (Å²) in [4.78, 5) is 19.1. The first kappa shape index (κ1) is 17.4. The molecule has 0 fully saturated rings. The summed E-state index contributed by atoms with van der Waals surface area (Å²) in [6, 6.07) is 14.2. The molecule has 3 aromatic rings. The lowest BCUT2D eigenvalue weighted by atomic mass is 10.2. The van der Waals surface area contributed by atoms with Crippen molar-refractivity contribution in [3.63, 3.8) is 0 Å². The minimum atomic E-state index is 0.00777. The van der Waals surface area contributed by atoms with Crippen molar-refractivity contribution in [1.29, 1.82) is 0 Å². The molecule has 140 valence electrons. The number of rotatable bonds is 5. The van der Waals surface area contributed by atoms with Gasteiger partial charge in [0.1, 0.15) is 11.6 Å². The van der Waals surface area contributed by atoms with Crippen molar-refractivity contribution in [1.82, 2.24) is 9.55 Å². The Kier molecular flexibility index (Phi) is 4.71. The number of carbonyl (C=O) groups excluding carboxylic acids is 1. The molecule has 2 heterocycles. The van der Waals surface area contributed by atoms with Gasteiger partial charge in [-0.3, -0.25) is 4.79 Å². The highest BCUT2D eigenvalue weighted by atomic mass is 16.5. The highest BCUT2D eigenvalue weighted by Crippen LogP contribution is 2.32. The first-order chi connectivity index (χ1) is 13.2. The molecule has 27 heavy (non-hydrogen) atoms. The fraction of sp³-hybridized carbons (Fsp3) is 0.333. The van der Waals surface area contributed by atoms with Crippen LogP contribution in [-0.4, -0.2) is 29.1 Å². The maximum absolute atomic E-state index is 12.0. The molecule has 0 radical (unpaired) electrons. The summed E-state index contributed by atoms with van der Waals surface area (Å²) in [5.74, 6) is 1.75. The third-order valence-electron chi connectivity index (χ3n) is 4.96. The topological polar surface area (TPSA) is 59.4 Å². The number of benzene rings is 2. The van der Waals surface area contributed by atoms with E-state index in [1.165, 1.54) is 5.52 Å². The largest absolute Gasteiger partial charge is 0.495 e. The van der Waals surface area contributed by atoms with Crippen molar-refractivity contribution < 1.29 is 9.53 Å². The maximum atomic E-state index is 12.0. The highest BCUT2D eigenvalue weighted by molar-refractivity contribution is 5.93. The average Bonchev–Trinajstić information content (AvgIpc) is 3.06. The number of imidazole rings is 1. The van der Waals surface area contributed by atoms with E-state index in [1.807, 2.05) is 31.2 Å². The van der Waals surface area contributed by atoms with Crippen molar-refractivity contribution in [3.8, 4) is 5.75 Å². The second-order valence-corrected chi connectivity index (χ2v) is 6.77. The molecule has 0 aliphatic carbocycles. The van der Waals surface area contributed by atoms with E-state index in [-0.39, 0.29) is 5.91 Å². The number of anilines is 2. The Balaban J connectivity index is 1.61. The van der Waals surface area contributed by atoms with Crippen LogP contribution in [-0.2, 0) is 17.9 Å². The van der Waals surface area contributed by atoms with Gasteiger partial charge in [0.05, 0.1) is 30.4 Å². The third-order valence-corrected chi connectivity index (χ3v) is 4.96. The van der Waals surface area contributed by atoms with Gasteiger partial charge in [0.15, 0.2) is 0 Å². The Morgan fingerprint density at radius 2 is 2.07 bits per heavy atom. The van der Waals surface area contributed by atoms with Crippen molar-refractivity contribution in [3.05, 3.63) is 48.3 Å². The van der Waals surface area contributed by atoms with E-state index in [0.29, 0.717) is 17.9 Å². The molecule has 0 saturated carbocycles. The lowest BCUT2D eigenvalue weighted by Crippen LogP contribution is -2.33. The van der Waals surface area contributed by atoms with Crippen LogP contribution in [0.25, 0.3) is 11.0 Å². The number of hydrogen-bond acceptors (Lipinski definition) is 4. The summed E-state index contributed by atoms with van der Waals surface area (Å²) in [5.41, 5.74) is 4.00. The molecule has 1 amide bonds. The minimum absolute atomic E-state index is 0.00777. The SMILES string of the molecule is CCCC(=O)Nc1cc(N2CCn3c(nc4ccccc43)C2)ccc1OC. The van der Waals surface area contributed by atoms with Crippen LogP contribution in [0.3, 0.4) is 0 Å². The predicted octanol–water partition coefficient (Wildman–Crippen LogP) is 3.80. The predicted molar refractivity (Wildman–Crippen MR) is 107 cm³/mol. The van der Waals surface area contributed by atoms with E-state index in [4.69, 9.17) is 9.72 Å². The van der Waals surface area contributed by atoms with Crippen LogP contribution in [0.2, 0.25) is 0 Å². The summed E-state index contributed by atoms with van der Waals surface area (Å²) >= 11 is 0. The van der Waals surface area contributed by atoms with Crippen LogP contribution in [0.15, 0.2) is 42.5 Å². The van der Waals surface area contributed by atoms with Gasteiger partial charge in [-0.25, -0.2) is 4.98 Å². The second kappa shape index (κ2) is 7.31. The first-order valence-electron chi connectivity index (χ1n) is 9.36. The highest BCUT2D eigenvalue weighted by Gasteiger charge is 2.21. The normalized spacial score (nSPS) is 13.5. The Labute approximate surface area is 158 Å². The minimum Gasteiger partial charge on any atom is -0.495 e. The van der Waals surface area contributed by atoms with Crippen molar-refractivity contribution in [2.45, 2.75) is 32.9 Å².